The number of rotatable bonds is 6. The van der Waals surface area contributed by atoms with Crippen LogP contribution in [0.4, 0.5) is 0 Å². The average Bonchev–Trinajstić information content (AvgIpc) is 2.65. The molecule has 5 nitrogen and oxygen atoms in total. The normalized spacial score (nSPS) is 12.4. The first-order chi connectivity index (χ1) is 7.67. The van der Waals surface area contributed by atoms with E-state index in [1.54, 1.807) is 6.92 Å². The van der Waals surface area contributed by atoms with E-state index in [-0.39, 0.29) is 12.0 Å². The van der Waals surface area contributed by atoms with Crippen molar-refractivity contribution in [2.75, 3.05) is 6.61 Å². The number of hydrogen-bond donors (Lipinski definition) is 1. The van der Waals surface area contributed by atoms with Crippen molar-refractivity contribution in [3.63, 3.8) is 0 Å². The van der Waals surface area contributed by atoms with Crippen molar-refractivity contribution >= 4 is 5.97 Å². The third kappa shape index (κ3) is 3.66. The molecule has 0 aliphatic rings. The van der Waals surface area contributed by atoms with E-state index < -0.39 is 0 Å². The Morgan fingerprint density at radius 3 is 2.88 bits per heavy atom. The summed E-state index contributed by atoms with van der Waals surface area (Å²) in [5, 5.41) is 6.92. The molecule has 1 heterocycles. The lowest BCUT2D eigenvalue weighted by Crippen LogP contribution is -2.37. The topological polar surface area (TPSA) is 64.4 Å². The molecule has 16 heavy (non-hydrogen) atoms. The number of ether oxygens (including phenoxy) is 1. The smallest absolute Gasteiger partial charge is 0.323 e. The Labute approximate surface area is 95.1 Å². The number of carbonyl (C=O) groups is 1. The molecule has 1 aromatic heterocycles. The van der Waals surface area contributed by atoms with Gasteiger partial charge in [0.05, 0.1) is 12.3 Å². The minimum Gasteiger partial charge on any atom is -0.465 e. The number of aryl methyl sites for hydroxylation is 1. The largest absolute Gasteiger partial charge is 0.465 e. The van der Waals surface area contributed by atoms with Crippen LogP contribution >= 0.6 is 0 Å². The van der Waals surface area contributed by atoms with Gasteiger partial charge in [0.2, 0.25) is 0 Å². The lowest BCUT2D eigenvalue weighted by molar-refractivity contribution is -0.145. The van der Waals surface area contributed by atoms with Crippen molar-refractivity contribution < 1.29 is 14.1 Å². The maximum absolute atomic E-state index is 11.5. The van der Waals surface area contributed by atoms with Crippen LogP contribution in [-0.2, 0) is 16.1 Å². The minimum absolute atomic E-state index is 0.217. The third-order valence-electron chi connectivity index (χ3n) is 2.19. The lowest BCUT2D eigenvalue weighted by atomic mass is 10.2. The molecule has 0 spiro atoms. The molecule has 1 atom stereocenters. The summed E-state index contributed by atoms with van der Waals surface area (Å²) in [6, 6.07) is 1.56. The molecule has 0 aliphatic heterocycles. The van der Waals surface area contributed by atoms with E-state index in [1.165, 1.54) is 0 Å². The monoisotopic (exact) mass is 226 g/mol. The molecule has 0 amide bonds. The summed E-state index contributed by atoms with van der Waals surface area (Å²) in [7, 11) is 0. The van der Waals surface area contributed by atoms with E-state index in [2.05, 4.69) is 10.5 Å². The van der Waals surface area contributed by atoms with Crippen molar-refractivity contribution in [3.8, 4) is 0 Å². The Balaban J connectivity index is 2.42. The second-order valence-electron chi connectivity index (χ2n) is 3.52. The molecule has 0 aliphatic carbocycles. The highest BCUT2D eigenvalue weighted by Crippen LogP contribution is 2.03. The number of nitrogens with one attached hydrogen (secondary N) is 1. The summed E-state index contributed by atoms with van der Waals surface area (Å²) in [6.07, 6.45) is 0.690. The lowest BCUT2D eigenvalue weighted by Gasteiger charge is -2.14. The van der Waals surface area contributed by atoms with Crippen molar-refractivity contribution in [1.29, 1.82) is 0 Å². The van der Waals surface area contributed by atoms with E-state index in [1.807, 2.05) is 19.9 Å². The van der Waals surface area contributed by atoms with Gasteiger partial charge < -0.3 is 9.26 Å². The summed E-state index contributed by atoms with van der Waals surface area (Å²) in [5.74, 6) is 0.547. The maximum Gasteiger partial charge on any atom is 0.323 e. The molecular weight excluding hydrogens is 208 g/mol. The van der Waals surface area contributed by atoms with Gasteiger partial charge in [0.1, 0.15) is 11.8 Å². The van der Waals surface area contributed by atoms with E-state index in [0.29, 0.717) is 19.6 Å². The van der Waals surface area contributed by atoms with Crippen LogP contribution in [0.5, 0.6) is 0 Å². The van der Waals surface area contributed by atoms with Gasteiger partial charge in [-0.15, -0.1) is 0 Å². The Hall–Kier alpha value is -1.36. The molecule has 1 N–H and O–H groups in total. The molecular formula is C11H18N2O3. The fourth-order valence-electron chi connectivity index (χ4n) is 1.37. The summed E-state index contributed by atoms with van der Waals surface area (Å²) in [6.45, 7) is 6.47. The molecule has 1 unspecified atom stereocenters. The van der Waals surface area contributed by atoms with Crippen molar-refractivity contribution in [1.82, 2.24) is 10.5 Å². The zero-order chi connectivity index (χ0) is 12.0. The number of nitrogens with zero attached hydrogens (tertiary/aromatic N) is 1. The van der Waals surface area contributed by atoms with E-state index in [4.69, 9.17) is 9.26 Å². The highest BCUT2D eigenvalue weighted by molar-refractivity contribution is 5.75. The summed E-state index contributed by atoms with van der Waals surface area (Å²) >= 11 is 0. The fourth-order valence-corrected chi connectivity index (χ4v) is 1.37. The number of carbonyl (C=O) groups excluding carboxylic acids is 1. The zero-order valence-electron chi connectivity index (χ0n) is 9.95. The molecule has 0 saturated heterocycles. The van der Waals surface area contributed by atoms with Crippen LogP contribution in [-0.4, -0.2) is 23.8 Å². The minimum atomic E-state index is -0.281. The molecule has 90 valence electrons. The van der Waals surface area contributed by atoms with Gasteiger partial charge >= 0.3 is 5.97 Å². The van der Waals surface area contributed by atoms with Gasteiger partial charge in [-0.25, -0.2) is 0 Å². The van der Waals surface area contributed by atoms with Gasteiger partial charge in [0, 0.05) is 12.6 Å². The first-order valence-corrected chi connectivity index (χ1v) is 5.49. The van der Waals surface area contributed by atoms with Crippen LogP contribution in [0.15, 0.2) is 10.6 Å². The van der Waals surface area contributed by atoms with Crippen LogP contribution < -0.4 is 5.32 Å². The number of hydrogen-bond acceptors (Lipinski definition) is 5. The maximum atomic E-state index is 11.5. The Bertz CT molecular complexity index is 336. The first-order valence-electron chi connectivity index (χ1n) is 5.49. The van der Waals surface area contributed by atoms with Gasteiger partial charge in [0.15, 0.2) is 0 Å². The Morgan fingerprint density at radius 2 is 2.38 bits per heavy atom. The van der Waals surface area contributed by atoms with Crippen molar-refractivity contribution in [2.24, 2.45) is 0 Å². The van der Waals surface area contributed by atoms with Gasteiger partial charge in [-0.1, -0.05) is 12.1 Å². The fraction of sp³-hybridized carbons (Fsp3) is 0.636. The SMILES string of the molecule is CCOC(=O)C(CC)NCc1cc(C)on1. The van der Waals surface area contributed by atoms with Gasteiger partial charge in [-0.3, -0.25) is 10.1 Å². The van der Waals surface area contributed by atoms with Crippen molar-refractivity contribution in [3.05, 3.63) is 17.5 Å². The molecule has 0 saturated carbocycles. The van der Waals surface area contributed by atoms with E-state index in [9.17, 15) is 4.79 Å². The summed E-state index contributed by atoms with van der Waals surface area (Å²) in [5.41, 5.74) is 0.792. The van der Waals surface area contributed by atoms with Crippen LogP contribution in [0.1, 0.15) is 31.7 Å². The number of aromatic nitrogens is 1. The Kier molecular flexibility index (Phi) is 4.98. The van der Waals surface area contributed by atoms with Crippen LogP contribution in [0.2, 0.25) is 0 Å². The highest BCUT2D eigenvalue weighted by atomic mass is 16.5. The standard InChI is InChI=1S/C11H18N2O3/c1-4-10(11(14)15-5-2)12-7-9-6-8(3)16-13-9/h6,10,12H,4-5,7H2,1-3H3. The highest BCUT2D eigenvalue weighted by Gasteiger charge is 2.17. The predicted octanol–water partition coefficient (Wildman–Crippen LogP) is 1.41. The Morgan fingerprint density at radius 1 is 1.62 bits per heavy atom. The molecule has 5 heteroatoms. The third-order valence-corrected chi connectivity index (χ3v) is 2.19. The molecule has 1 aromatic rings. The zero-order valence-corrected chi connectivity index (χ0v) is 9.95. The van der Waals surface area contributed by atoms with Crippen molar-refractivity contribution in [2.45, 2.75) is 39.8 Å². The first kappa shape index (κ1) is 12.7. The molecule has 0 radical (unpaired) electrons. The number of esters is 1. The van der Waals surface area contributed by atoms with Crippen LogP contribution in [0.3, 0.4) is 0 Å². The second kappa shape index (κ2) is 6.27. The molecule has 1 rings (SSSR count). The van der Waals surface area contributed by atoms with Gasteiger partial charge in [0.25, 0.3) is 0 Å². The molecule has 0 bridgehead atoms. The van der Waals surface area contributed by atoms with E-state index >= 15 is 0 Å². The predicted molar refractivity (Wildman–Crippen MR) is 58.8 cm³/mol. The van der Waals surface area contributed by atoms with Crippen LogP contribution in [0.25, 0.3) is 0 Å². The van der Waals surface area contributed by atoms with Gasteiger partial charge in [-0.05, 0) is 20.3 Å². The quantitative estimate of drug-likeness (QED) is 0.743. The molecule has 0 aromatic carbocycles. The average molecular weight is 226 g/mol. The summed E-state index contributed by atoms with van der Waals surface area (Å²) in [4.78, 5) is 11.5. The van der Waals surface area contributed by atoms with E-state index in [0.717, 1.165) is 11.5 Å². The van der Waals surface area contributed by atoms with Gasteiger partial charge in [-0.2, -0.15) is 0 Å². The summed E-state index contributed by atoms with van der Waals surface area (Å²) < 4.78 is 9.88. The second-order valence-corrected chi connectivity index (χ2v) is 3.52. The van der Waals surface area contributed by atoms with Crippen LogP contribution in [0, 0.1) is 6.92 Å². The molecule has 0 fully saturated rings.